The molecule has 78 valence electrons. The third-order valence-corrected chi connectivity index (χ3v) is 2.61. The summed E-state index contributed by atoms with van der Waals surface area (Å²) in [4.78, 5) is 1.98. The van der Waals surface area contributed by atoms with Crippen molar-refractivity contribution in [2.24, 2.45) is 5.73 Å². The van der Waals surface area contributed by atoms with Crippen molar-refractivity contribution in [2.75, 3.05) is 13.1 Å². The molecule has 1 aliphatic heterocycles. The maximum Gasteiger partial charge on any atom is 0.123 e. The van der Waals surface area contributed by atoms with Gasteiger partial charge in [0.05, 0.1) is 6.07 Å². The summed E-state index contributed by atoms with van der Waals surface area (Å²) in [5.41, 5.74) is 6.48. The van der Waals surface area contributed by atoms with E-state index >= 15 is 0 Å². The summed E-state index contributed by atoms with van der Waals surface area (Å²) in [6.45, 7) is 1.46. The molecular weight excluding hydrogens is 193 g/mol. The number of benzene rings is 1. The van der Waals surface area contributed by atoms with Gasteiger partial charge < -0.3 is 5.73 Å². The molecule has 0 spiro atoms. The molecule has 1 saturated heterocycles. The van der Waals surface area contributed by atoms with Crippen molar-refractivity contribution in [1.82, 2.24) is 4.90 Å². The smallest absolute Gasteiger partial charge is 0.123 e. The van der Waals surface area contributed by atoms with Crippen molar-refractivity contribution in [3.05, 3.63) is 35.6 Å². The molecule has 4 heteroatoms. The lowest BCUT2D eigenvalue weighted by molar-refractivity contribution is 0.121. The lowest BCUT2D eigenvalue weighted by Crippen LogP contribution is -2.56. The highest BCUT2D eigenvalue weighted by Gasteiger charge is 2.30. The van der Waals surface area contributed by atoms with Gasteiger partial charge in [-0.3, -0.25) is 4.90 Å². The van der Waals surface area contributed by atoms with E-state index in [1.54, 1.807) is 12.1 Å². The van der Waals surface area contributed by atoms with Crippen LogP contribution in [0, 0.1) is 17.1 Å². The monoisotopic (exact) mass is 205 g/mol. The number of nitriles is 1. The molecule has 1 aliphatic rings. The molecule has 15 heavy (non-hydrogen) atoms. The summed E-state index contributed by atoms with van der Waals surface area (Å²) in [5.74, 6) is -0.282. The van der Waals surface area contributed by atoms with Crippen LogP contribution in [0.3, 0.4) is 0 Å². The van der Waals surface area contributed by atoms with Gasteiger partial charge in [0, 0.05) is 19.1 Å². The van der Waals surface area contributed by atoms with Gasteiger partial charge in [-0.1, -0.05) is 12.1 Å². The summed E-state index contributed by atoms with van der Waals surface area (Å²) in [7, 11) is 0. The minimum Gasteiger partial charge on any atom is -0.325 e. The second-order valence-corrected chi connectivity index (χ2v) is 3.80. The van der Waals surface area contributed by atoms with Crippen molar-refractivity contribution in [2.45, 2.75) is 12.1 Å². The lowest BCUT2D eigenvalue weighted by atomic mass is 10.0. The van der Waals surface area contributed by atoms with Crippen LogP contribution >= 0.6 is 0 Å². The molecule has 1 aromatic rings. The largest absolute Gasteiger partial charge is 0.325 e. The van der Waals surface area contributed by atoms with Gasteiger partial charge >= 0.3 is 0 Å². The molecule has 0 amide bonds. The first-order chi connectivity index (χ1) is 7.20. The summed E-state index contributed by atoms with van der Waals surface area (Å²) >= 11 is 0. The van der Waals surface area contributed by atoms with E-state index in [4.69, 9.17) is 11.0 Å². The minimum atomic E-state index is -0.301. The summed E-state index contributed by atoms with van der Waals surface area (Å²) < 4.78 is 12.7. The molecule has 1 atom stereocenters. The van der Waals surface area contributed by atoms with Gasteiger partial charge in [-0.2, -0.15) is 5.26 Å². The molecule has 0 saturated carbocycles. The Kier molecular flexibility index (Phi) is 2.67. The first kappa shape index (κ1) is 10.1. The molecule has 2 rings (SSSR count). The Morgan fingerprint density at radius 3 is 2.47 bits per heavy atom. The number of rotatable bonds is 2. The molecular formula is C11H12FN3. The van der Waals surface area contributed by atoms with Crippen LogP contribution in [-0.2, 0) is 0 Å². The van der Waals surface area contributed by atoms with E-state index in [2.05, 4.69) is 6.07 Å². The second-order valence-electron chi connectivity index (χ2n) is 3.80. The normalized spacial score (nSPS) is 19.3. The molecule has 0 aromatic heterocycles. The van der Waals surface area contributed by atoms with Crippen molar-refractivity contribution in [3.8, 4) is 6.07 Å². The average molecular weight is 205 g/mol. The number of hydrogen-bond donors (Lipinski definition) is 1. The third kappa shape index (κ3) is 1.99. The zero-order valence-corrected chi connectivity index (χ0v) is 8.23. The van der Waals surface area contributed by atoms with Gasteiger partial charge in [-0.05, 0) is 17.7 Å². The SMILES string of the molecule is N#C[C@H](c1ccc(F)cc1)N1CC(N)C1. The highest BCUT2D eigenvalue weighted by atomic mass is 19.1. The standard InChI is InChI=1S/C11H12FN3/c12-9-3-1-8(2-4-9)11(5-13)15-6-10(14)7-15/h1-4,10-11H,6-7,14H2/t11-/m1/s1. The van der Waals surface area contributed by atoms with Crippen LogP contribution in [0.15, 0.2) is 24.3 Å². The molecule has 2 N–H and O–H groups in total. The lowest BCUT2D eigenvalue weighted by Gasteiger charge is -2.39. The van der Waals surface area contributed by atoms with Crippen LogP contribution in [0.4, 0.5) is 4.39 Å². The van der Waals surface area contributed by atoms with E-state index in [1.807, 2.05) is 4.90 Å². The maximum absolute atomic E-state index is 12.7. The fourth-order valence-corrected chi connectivity index (χ4v) is 1.77. The number of likely N-dealkylation sites (tertiary alicyclic amines) is 1. The number of nitrogens with zero attached hydrogens (tertiary/aromatic N) is 2. The van der Waals surface area contributed by atoms with Crippen molar-refractivity contribution < 1.29 is 4.39 Å². The Balaban J connectivity index is 2.14. The van der Waals surface area contributed by atoms with Crippen LogP contribution in [0.5, 0.6) is 0 Å². The van der Waals surface area contributed by atoms with E-state index in [9.17, 15) is 4.39 Å². The molecule has 0 bridgehead atoms. The van der Waals surface area contributed by atoms with Gasteiger partial charge in [0.2, 0.25) is 0 Å². The summed E-state index contributed by atoms with van der Waals surface area (Å²) in [6, 6.07) is 8.12. The maximum atomic E-state index is 12.7. The Morgan fingerprint density at radius 1 is 1.40 bits per heavy atom. The van der Waals surface area contributed by atoms with Crippen molar-refractivity contribution >= 4 is 0 Å². The molecule has 1 heterocycles. The Morgan fingerprint density at radius 2 is 2.00 bits per heavy atom. The Hall–Kier alpha value is -1.44. The van der Waals surface area contributed by atoms with Crippen molar-refractivity contribution in [3.63, 3.8) is 0 Å². The Labute approximate surface area is 87.9 Å². The third-order valence-electron chi connectivity index (χ3n) is 2.61. The highest BCUT2D eigenvalue weighted by Crippen LogP contribution is 2.24. The predicted molar refractivity (Wildman–Crippen MR) is 54.3 cm³/mol. The average Bonchev–Trinajstić information content (AvgIpc) is 2.19. The zero-order chi connectivity index (χ0) is 10.8. The molecule has 1 aromatic carbocycles. The first-order valence-corrected chi connectivity index (χ1v) is 4.85. The van der Waals surface area contributed by atoms with E-state index in [1.165, 1.54) is 12.1 Å². The quantitative estimate of drug-likeness (QED) is 0.784. The molecule has 0 unspecified atom stereocenters. The van der Waals surface area contributed by atoms with E-state index in [-0.39, 0.29) is 17.9 Å². The number of nitrogens with two attached hydrogens (primary N) is 1. The predicted octanol–water partition coefficient (Wildman–Crippen LogP) is 1.03. The molecule has 0 aliphatic carbocycles. The second kappa shape index (κ2) is 3.97. The summed E-state index contributed by atoms with van der Waals surface area (Å²) in [5, 5.41) is 9.04. The molecule has 0 radical (unpaired) electrons. The topological polar surface area (TPSA) is 53.0 Å². The van der Waals surface area contributed by atoms with Gasteiger partial charge in [-0.15, -0.1) is 0 Å². The summed E-state index contributed by atoms with van der Waals surface area (Å²) in [6.07, 6.45) is 0. The number of halogens is 1. The van der Waals surface area contributed by atoms with E-state index in [0.29, 0.717) is 0 Å². The van der Waals surface area contributed by atoms with Gasteiger partial charge in [0.1, 0.15) is 11.9 Å². The van der Waals surface area contributed by atoms with Crippen LogP contribution in [-0.4, -0.2) is 24.0 Å². The van der Waals surface area contributed by atoms with Gasteiger partial charge in [-0.25, -0.2) is 4.39 Å². The highest BCUT2D eigenvalue weighted by molar-refractivity contribution is 5.25. The van der Waals surface area contributed by atoms with E-state index in [0.717, 1.165) is 18.7 Å². The van der Waals surface area contributed by atoms with Gasteiger partial charge in [0.25, 0.3) is 0 Å². The zero-order valence-electron chi connectivity index (χ0n) is 8.23. The minimum absolute atomic E-state index is 0.168. The number of hydrogen-bond acceptors (Lipinski definition) is 3. The van der Waals surface area contributed by atoms with E-state index < -0.39 is 0 Å². The van der Waals surface area contributed by atoms with Crippen molar-refractivity contribution in [1.29, 1.82) is 5.26 Å². The molecule has 1 fully saturated rings. The van der Waals surface area contributed by atoms with Gasteiger partial charge in [0.15, 0.2) is 0 Å². The first-order valence-electron chi connectivity index (χ1n) is 4.85. The Bertz CT molecular complexity index is 376. The van der Waals surface area contributed by atoms with Crippen LogP contribution in [0.2, 0.25) is 0 Å². The fourth-order valence-electron chi connectivity index (χ4n) is 1.77. The van der Waals surface area contributed by atoms with Crippen LogP contribution in [0.1, 0.15) is 11.6 Å². The fraction of sp³-hybridized carbons (Fsp3) is 0.364. The molecule has 3 nitrogen and oxygen atoms in total. The van der Waals surface area contributed by atoms with Crippen LogP contribution in [0.25, 0.3) is 0 Å². The van der Waals surface area contributed by atoms with Crippen LogP contribution < -0.4 is 5.73 Å².